The highest BCUT2D eigenvalue weighted by atomic mass is 16.9. The maximum atomic E-state index is 6.29. The summed E-state index contributed by atoms with van der Waals surface area (Å²) in [7, 11) is 0. The highest BCUT2D eigenvalue weighted by Crippen LogP contribution is 2.29. The number of unbranched alkanes of at least 4 members (excludes halogenated alkanes) is 5. The van der Waals surface area contributed by atoms with E-state index in [1.807, 2.05) is 45.0 Å². The smallest absolute Gasteiger partial charge is 0.322 e. The first-order valence-electron chi connectivity index (χ1n) is 10.6. The summed E-state index contributed by atoms with van der Waals surface area (Å²) in [4.78, 5) is 0. The Morgan fingerprint density at radius 1 is 0.778 bits per heavy atom. The van der Waals surface area contributed by atoms with Crippen molar-refractivity contribution in [1.82, 2.24) is 0 Å². The second-order valence-electron chi connectivity index (χ2n) is 6.63. The second kappa shape index (κ2) is 13.8. The topological polar surface area (TPSA) is 62.9 Å². The summed E-state index contributed by atoms with van der Waals surface area (Å²) in [5, 5.41) is 0. The van der Waals surface area contributed by atoms with Gasteiger partial charge in [0.15, 0.2) is 6.10 Å². The van der Waals surface area contributed by atoms with Crippen molar-refractivity contribution in [3.05, 3.63) is 24.3 Å². The number of hydrogen-bond donors (Lipinski definition) is 1. The SMILES string of the molecule is CCCCCCCCC(Oc1ccc(N)cc1)C(OCC)(OCC)OCC. The minimum atomic E-state index is -1.19. The molecule has 156 valence electrons. The lowest BCUT2D eigenvalue weighted by Gasteiger charge is -2.38. The number of nitrogen functional groups attached to an aromatic ring is 1. The molecule has 0 bridgehead atoms. The Bertz CT molecular complexity index is 461. The van der Waals surface area contributed by atoms with Crippen LogP contribution >= 0.6 is 0 Å². The van der Waals surface area contributed by atoms with Crippen LogP contribution in [-0.2, 0) is 14.2 Å². The molecule has 1 aromatic carbocycles. The van der Waals surface area contributed by atoms with E-state index < -0.39 is 5.97 Å². The predicted molar refractivity (Wildman–Crippen MR) is 111 cm³/mol. The molecule has 0 aromatic heterocycles. The van der Waals surface area contributed by atoms with Crippen molar-refractivity contribution in [2.24, 2.45) is 0 Å². The van der Waals surface area contributed by atoms with Crippen LogP contribution in [0.5, 0.6) is 5.75 Å². The molecule has 0 radical (unpaired) electrons. The standard InChI is InChI=1S/C22H39NO4/c1-5-9-10-11-12-13-14-21(27-20-17-15-19(23)16-18-20)22(24-6-2,25-7-3)26-8-4/h15-18,21H,5-14,23H2,1-4H3. The predicted octanol–water partition coefficient (Wildman–Crippen LogP) is 5.53. The van der Waals surface area contributed by atoms with Gasteiger partial charge >= 0.3 is 5.97 Å². The molecule has 2 N–H and O–H groups in total. The molecular weight excluding hydrogens is 342 g/mol. The monoisotopic (exact) mass is 381 g/mol. The van der Waals surface area contributed by atoms with Gasteiger partial charge in [0.25, 0.3) is 0 Å². The lowest BCUT2D eigenvalue weighted by atomic mass is 10.1. The molecule has 0 saturated carbocycles. The molecule has 1 aromatic rings. The Balaban J connectivity index is 2.88. The molecule has 0 spiro atoms. The van der Waals surface area contributed by atoms with E-state index >= 15 is 0 Å². The Morgan fingerprint density at radius 3 is 1.81 bits per heavy atom. The zero-order valence-corrected chi connectivity index (χ0v) is 17.7. The van der Waals surface area contributed by atoms with Crippen LogP contribution in [0.2, 0.25) is 0 Å². The van der Waals surface area contributed by atoms with Crippen LogP contribution in [0.25, 0.3) is 0 Å². The zero-order valence-electron chi connectivity index (χ0n) is 17.7. The molecule has 0 saturated heterocycles. The fourth-order valence-electron chi connectivity index (χ4n) is 3.14. The quantitative estimate of drug-likeness (QED) is 0.232. The summed E-state index contributed by atoms with van der Waals surface area (Å²) >= 11 is 0. The van der Waals surface area contributed by atoms with E-state index in [4.69, 9.17) is 24.7 Å². The highest BCUT2D eigenvalue weighted by molar-refractivity contribution is 5.41. The lowest BCUT2D eigenvalue weighted by Crippen LogP contribution is -2.52. The van der Waals surface area contributed by atoms with Crippen LogP contribution < -0.4 is 10.5 Å². The van der Waals surface area contributed by atoms with Gasteiger partial charge in [0, 0.05) is 25.5 Å². The van der Waals surface area contributed by atoms with Gasteiger partial charge in [0.05, 0.1) is 0 Å². The summed E-state index contributed by atoms with van der Waals surface area (Å²) in [6, 6.07) is 7.41. The first-order valence-corrected chi connectivity index (χ1v) is 10.6. The third-order valence-electron chi connectivity index (χ3n) is 4.41. The van der Waals surface area contributed by atoms with Crippen molar-refractivity contribution in [3.8, 4) is 5.75 Å². The average molecular weight is 382 g/mol. The van der Waals surface area contributed by atoms with Gasteiger partial charge in [-0.1, -0.05) is 39.0 Å². The number of anilines is 1. The second-order valence-corrected chi connectivity index (χ2v) is 6.63. The van der Waals surface area contributed by atoms with Crippen LogP contribution in [-0.4, -0.2) is 31.9 Å². The Hall–Kier alpha value is -1.30. The maximum Gasteiger partial charge on any atom is 0.322 e. The Morgan fingerprint density at radius 2 is 1.30 bits per heavy atom. The average Bonchev–Trinajstić information content (AvgIpc) is 2.65. The molecule has 0 amide bonds. The first-order chi connectivity index (χ1) is 13.1. The number of nitrogens with two attached hydrogens (primary N) is 1. The van der Waals surface area contributed by atoms with Crippen molar-refractivity contribution in [2.75, 3.05) is 25.6 Å². The molecule has 5 heteroatoms. The summed E-state index contributed by atoms with van der Waals surface area (Å²) < 4.78 is 24.2. The van der Waals surface area contributed by atoms with Crippen LogP contribution in [0, 0.1) is 0 Å². The lowest BCUT2D eigenvalue weighted by molar-refractivity contribution is -0.406. The normalized spacial score (nSPS) is 12.9. The molecule has 5 nitrogen and oxygen atoms in total. The van der Waals surface area contributed by atoms with Gasteiger partial charge in [-0.3, -0.25) is 0 Å². The van der Waals surface area contributed by atoms with Crippen LogP contribution in [0.4, 0.5) is 5.69 Å². The molecule has 0 aliphatic carbocycles. The van der Waals surface area contributed by atoms with Crippen LogP contribution in [0.15, 0.2) is 24.3 Å². The minimum absolute atomic E-state index is 0.354. The third kappa shape index (κ3) is 8.50. The summed E-state index contributed by atoms with van der Waals surface area (Å²) in [5.41, 5.74) is 6.50. The fourth-order valence-corrected chi connectivity index (χ4v) is 3.14. The van der Waals surface area contributed by atoms with Crippen LogP contribution in [0.1, 0.15) is 72.6 Å². The van der Waals surface area contributed by atoms with Gasteiger partial charge in [-0.2, -0.15) is 0 Å². The molecule has 27 heavy (non-hydrogen) atoms. The molecule has 1 atom stereocenters. The van der Waals surface area contributed by atoms with Gasteiger partial charge < -0.3 is 24.7 Å². The van der Waals surface area contributed by atoms with Gasteiger partial charge in [-0.15, -0.1) is 0 Å². The van der Waals surface area contributed by atoms with E-state index in [2.05, 4.69) is 6.92 Å². The van der Waals surface area contributed by atoms with Crippen molar-refractivity contribution >= 4 is 5.69 Å². The summed E-state index contributed by atoms with van der Waals surface area (Å²) in [5.74, 6) is -0.452. The molecule has 1 unspecified atom stereocenters. The van der Waals surface area contributed by atoms with Crippen molar-refractivity contribution < 1.29 is 18.9 Å². The molecular formula is C22H39NO4. The van der Waals surface area contributed by atoms with Gasteiger partial charge in [-0.25, -0.2) is 0 Å². The van der Waals surface area contributed by atoms with Gasteiger partial charge in [0.2, 0.25) is 0 Å². The number of rotatable bonds is 16. The number of ether oxygens (including phenoxy) is 4. The molecule has 0 fully saturated rings. The highest BCUT2D eigenvalue weighted by Gasteiger charge is 2.44. The Labute approximate surface area is 165 Å². The first kappa shape index (κ1) is 23.7. The van der Waals surface area contributed by atoms with Crippen molar-refractivity contribution in [1.29, 1.82) is 0 Å². The van der Waals surface area contributed by atoms with Gasteiger partial charge in [-0.05, 0) is 57.9 Å². The van der Waals surface area contributed by atoms with Crippen LogP contribution in [0.3, 0.4) is 0 Å². The minimum Gasteiger partial charge on any atom is -0.482 e. The summed E-state index contributed by atoms with van der Waals surface area (Å²) in [6.45, 7) is 9.51. The van der Waals surface area contributed by atoms with E-state index in [1.54, 1.807) is 0 Å². The Kier molecular flexibility index (Phi) is 12.1. The van der Waals surface area contributed by atoms with E-state index in [0.717, 1.165) is 18.6 Å². The molecule has 1 rings (SSSR count). The van der Waals surface area contributed by atoms with Crippen molar-refractivity contribution in [3.63, 3.8) is 0 Å². The molecule has 0 aliphatic rings. The molecule has 0 aliphatic heterocycles. The summed E-state index contributed by atoms with van der Waals surface area (Å²) in [6.07, 6.45) is 7.74. The number of hydrogen-bond acceptors (Lipinski definition) is 5. The zero-order chi connectivity index (χ0) is 20.0. The van der Waals surface area contributed by atoms with E-state index in [0.29, 0.717) is 25.5 Å². The largest absolute Gasteiger partial charge is 0.482 e. The fraction of sp³-hybridized carbons (Fsp3) is 0.727. The van der Waals surface area contributed by atoms with Gasteiger partial charge in [0.1, 0.15) is 5.75 Å². The van der Waals surface area contributed by atoms with E-state index in [9.17, 15) is 0 Å². The molecule has 0 heterocycles. The third-order valence-corrected chi connectivity index (χ3v) is 4.41. The van der Waals surface area contributed by atoms with E-state index in [1.165, 1.54) is 32.1 Å². The van der Waals surface area contributed by atoms with E-state index in [-0.39, 0.29) is 6.10 Å². The van der Waals surface area contributed by atoms with Crippen molar-refractivity contribution in [2.45, 2.75) is 84.7 Å². The maximum absolute atomic E-state index is 6.29. The number of benzene rings is 1.